The summed E-state index contributed by atoms with van der Waals surface area (Å²) in [5.41, 5.74) is 2.67. The number of benzene rings is 3. The molecule has 8 nitrogen and oxygen atoms in total. The summed E-state index contributed by atoms with van der Waals surface area (Å²) in [5.74, 6) is 0.305. The third kappa shape index (κ3) is 5.33. The van der Waals surface area contributed by atoms with Gasteiger partial charge in [0.2, 0.25) is 17.7 Å². The molecule has 0 radical (unpaired) electrons. The van der Waals surface area contributed by atoms with Gasteiger partial charge in [-0.05, 0) is 61.0 Å². The molecule has 2 N–H and O–H groups in total. The minimum atomic E-state index is -0.575. The lowest BCUT2D eigenvalue weighted by molar-refractivity contribution is -0.126. The van der Waals surface area contributed by atoms with Crippen molar-refractivity contribution in [2.24, 2.45) is 5.92 Å². The van der Waals surface area contributed by atoms with E-state index in [2.05, 4.69) is 10.6 Å². The van der Waals surface area contributed by atoms with Gasteiger partial charge in [-0.2, -0.15) is 0 Å². The summed E-state index contributed by atoms with van der Waals surface area (Å²) in [5, 5.41) is 5.69. The third-order valence-electron chi connectivity index (χ3n) is 6.21. The second-order valence-corrected chi connectivity index (χ2v) is 8.54. The maximum absolute atomic E-state index is 13.6. The Hall–Kier alpha value is -4.33. The van der Waals surface area contributed by atoms with E-state index in [9.17, 15) is 14.4 Å². The number of anilines is 3. The van der Waals surface area contributed by atoms with Crippen molar-refractivity contribution in [3.8, 4) is 11.5 Å². The van der Waals surface area contributed by atoms with E-state index in [-0.39, 0.29) is 24.1 Å². The van der Waals surface area contributed by atoms with E-state index in [1.165, 1.54) is 6.92 Å². The number of amides is 3. The summed E-state index contributed by atoms with van der Waals surface area (Å²) in [4.78, 5) is 39.9. The highest BCUT2D eigenvalue weighted by atomic mass is 16.5. The molecule has 0 aromatic heterocycles. The number of ether oxygens (including phenoxy) is 2. The van der Waals surface area contributed by atoms with Crippen LogP contribution in [0.15, 0.2) is 72.8 Å². The van der Waals surface area contributed by atoms with Crippen LogP contribution in [0.4, 0.5) is 17.1 Å². The largest absolute Gasteiger partial charge is 0.497 e. The van der Waals surface area contributed by atoms with Crippen molar-refractivity contribution >= 4 is 34.8 Å². The van der Waals surface area contributed by atoms with Crippen LogP contribution in [-0.2, 0) is 14.4 Å². The van der Waals surface area contributed by atoms with E-state index in [1.54, 1.807) is 55.5 Å². The molecule has 1 aliphatic rings. The summed E-state index contributed by atoms with van der Waals surface area (Å²) in [6.45, 7) is 1.44. The monoisotopic (exact) mass is 487 g/mol. The van der Waals surface area contributed by atoms with Crippen LogP contribution >= 0.6 is 0 Å². The second-order valence-electron chi connectivity index (χ2n) is 8.54. The maximum Gasteiger partial charge on any atom is 0.229 e. The topological polar surface area (TPSA) is 97.0 Å². The minimum Gasteiger partial charge on any atom is -0.497 e. The number of methoxy groups -OCH3 is 2. The number of para-hydroxylation sites is 1. The van der Waals surface area contributed by atoms with Crippen LogP contribution in [-0.4, -0.2) is 31.9 Å². The van der Waals surface area contributed by atoms with E-state index in [0.717, 1.165) is 5.56 Å². The molecule has 4 rings (SSSR count). The summed E-state index contributed by atoms with van der Waals surface area (Å²) in [6.07, 6.45) is 0.626. The molecule has 1 heterocycles. The van der Waals surface area contributed by atoms with Crippen molar-refractivity contribution in [1.82, 2.24) is 0 Å². The fourth-order valence-electron chi connectivity index (χ4n) is 4.56. The highest BCUT2D eigenvalue weighted by molar-refractivity contribution is 6.00. The molecular weight excluding hydrogens is 458 g/mol. The number of rotatable bonds is 7. The van der Waals surface area contributed by atoms with Gasteiger partial charge in [0.25, 0.3) is 0 Å². The summed E-state index contributed by atoms with van der Waals surface area (Å²) < 4.78 is 10.9. The lowest BCUT2D eigenvalue weighted by Gasteiger charge is -2.41. The van der Waals surface area contributed by atoms with Gasteiger partial charge in [0.05, 0.1) is 26.2 Å². The van der Waals surface area contributed by atoms with Gasteiger partial charge in [-0.3, -0.25) is 14.4 Å². The van der Waals surface area contributed by atoms with Gasteiger partial charge in [0.15, 0.2) is 0 Å². The molecule has 0 bridgehead atoms. The molecule has 1 saturated heterocycles. The van der Waals surface area contributed by atoms with Gasteiger partial charge >= 0.3 is 0 Å². The molecule has 3 aromatic rings. The Morgan fingerprint density at radius 3 is 2.11 bits per heavy atom. The number of hydrogen-bond acceptors (Lipinski definition) is 5. The predicted molar refractivity (Wildman–Crippen MR) is 138 cm³/mol. The van der Waals surface area contributed by atoms with Gasteiger partial charge in [-0.15, -0.1) is 0 Å². The summed E-state index contributed by atoms with van der Waals surface area (Å²) >= 11 is 0. The van der Waals surface area contributed by atoms with Crippen LogP contribution in [0.5, 0.6) is 11.5 Å². The van der Waals surface area contributed by atoms with Crippen LogP contribution in [0, 0.1) is 5.92 Å². The van der Waals surface area contributed by atoms with Crippen molar-refractivity contribution in [3.63, 3.8) is 0 Å². The third-order valence-corrected chi connectivity index (χ3v) is 6.21. The Morgan fingerprint density at radius 2 is 1.50 bits per heavy atom. The zero-order valence-corrected chi connectivity index (χ0v) is 20.5. The van der Waals surface area contributed by atoms with Gasteiger partial charge in [-0.1, -0.05) is 18.2 Å². The van der Waals surface area contributed by atoms with E-state index in [4.69, 9.17) is 9.47 Å². The first kappa shape index (κ1) is 24.8. The molecule has 3 amide bonds. The zero-order valence-electron chi connectivity index (χ0n) is 20.5. The molecule has 1 aliphatic heterocycles. The fourth-order valence-corrected chi connectivity index (χ4v) is 4.56. The van der Waals surface area contributed by atoms with Crippen molar-refractivity contribution in [2.45, 2.75) is 25.8 Å². The quantitative estimate of drug-likeness (QED) is 0.500. The molecule has 0 spiro atoms. The number of piperidine rings is 1. The Kier molecular flexibility index (Phi) is 7.53. The van der Waals surface area contributed by atoms with Gasteiger partial charge < -0.3 is 25.0 Å². The summed E-state index contributed by atoms with van der Waals surface area (Å²) in [7, 11) is 3.16. The molecule has 36 heavy (non-hydrogen) atoms. The second kappa shape index (κ2) is 10.9. The molecule has 186 valence electrons. The van der Waals surface area contributed by atoms with Crippen LogP contribution in [0.2, 0.25) is 0 Å². The molecule has 2 atom stereocenters. The fraction of sp³-hybridized carbons (Fsp3) is 0.250. The van der Waals surface area contributed by atoms with E-state index in [0.29, 0.717) is 35.0 Å². The highest BCUT2D eigenvalue weighted by Gasteiger charge is 2.42. The lowest BCUT2D eigenvalue weighted by atomic mass is 9.82. The van der Waals surface area contributed by atoms with Crippen LogP contribution in [0.1, 0.15) is 31.4 Å². The zero-order chi connectivity index (χ0) is 25.7. The Balaban J connectivity index is 1.70. The van der Waals surface area contributed by atoms with Crippen LogP contribution in [0.3, 0.4) is 0 Å². The lowest BCUT2D eigenvalue weighted by Crippen LogP contribution is -2.47. The number of carbonyl (C=O) groups excluding carboxylic acids is 3. The number of hydrogen-bond donors (Lipinski definition) is 2. The standard InChI is InChI=1S/C28H29N3O5/c1-18(32)29-19-8-10-20(11-9-19)30-28(34)24-16-17-26(33)31(21-12-14-22(35-2)15-13-21)27(24)23-6-4-5-7-25(23)36-3/h4-15,24,27H,16-17H2,1-3H3,(H,29,32)(H,30,34)/t24-,27-/m0/s1. The SMILES string of the molecule is COc1ccc(N2C(=O)CC[C@H](C(=O)Nc3ccc(NC(C)=O)cc3)[C@@H]2c2ccccc2OC)cc1. The maximum atomic E-state index is 13.6. The van der Waals surface area contributed by atoms with Crippen molar-refractivity contribution in [3.05, 3.63) is 78.4 Å². The first-order valence-electron chi connectivity index (χ1n) is 11.7. The first-order valence-corrected chi connectivity index (χ1v) is 11.7. The molecule has 0 aliphatic carbocycles. The first-order chi connectivity index (χ1) is 17.4. The smallest absolute Gasteiger partial charge is 0.229 e. The Labute approximate surface area is 210 Å². The van der Waals surface area contributed by atoms with E-state index >= 15 is 0 Å². The Morgan fingerprint density at radius 1 is 0.861 bits per heavy atom. The molecule has 1 fully saturated rings. The molecule has 0 unspecified atom stereocenters. The minimum absolute atomic E-state index is 0.0696. The van der Waals surface area contributed by atoms with Crippen LogP contribution in [0.25, 0.3) is 0 Å². The van der Waals surface area contributed by atoms with E-state index in [1.807, 2.05) is 36.4 Å². The average Bonchev–Trinajstić information content (AvgIpc) is 2.89. The normalized spacial score (nSPS) is 17.3. The number of carbonyl (C=O) groups is 3. The van der Waals surface area contributed by atoms with Gasteiger partial charge in [-0.25, -0.2) is 0 Å². The number of nitrogens with one attached hydrogen (secondary N) is 2. The predicted octanol–water partition coefficient (Wildman–Crippen LogP) is 4.79. The molecule has 0 saturated carbocycles. The van der Waals surface area contributed by atoms with Crippen molar-refractivity contribution < 1.29 is 23.9 Å². The van der Waals surface area contributed by atoms with Crippen molar-refractivity contribution in [1.29, 1.82) is 0 Å². The van der Waals surface area contributed by atoms with Crippen molar-refractivity contribution in [2.75, 3.05) is 29.8 Å². The van der Waals surface area contributed by atoms with Gasteiger partial charge in [0, 0.05) is 36.0 Å². The van der Waals surface area contributed by atoms with Crippen LogP contribution < -0.4 is 25.0 Å². The molecular formula is C28H29N3O5. The Bertz CT molecular complexity index is 1240. The van der Waals surface area contributed by atoms with E-state index < -0.39 is 12.0 Å². The average molecular weight is 488 g/mol. The summed E-state index contributed by atoms with van der Waals surface area (Å²) in [6, 6.07) is 21.0. The van der Waals surface area contributed by atoms with Gasteiger partial charge in [0.1, 0.15) is 11.5 Å². The molecule has 3 aromatic carbocycles. The molecule has 8 heteroatoms. The number of nitrogens with zero attached hydrogens (tertiary/aromatic N) is 1. The highest BCUT2D eigenvalue weighted by Crippen LogP contribution is 2.43.